The van der Waals surface area contributed by atoms with Crippen LogP contribution < -0.4 is 32.2 Å². The third-order valence-electron chi connectivity index (χ3n) is 4.78. The fourth-order valence-electron chi connectivity index (χ4n) is 3.18. The van der Waals surface area contributed by atoms with Crippen molar-refractivity contribution in [3.63, 3.8) is 0 Å². The van der Waals surface area contributed by atoms with Crippen LogP contribution >= 0.6 is 15.9 Å². The minimum Gasteiger partial charge on any atom is -0.480 e. The number of halogens is 1. The molecule has 162 valence electrons. The van der Waals surface area contributed by atoms with E-state index < -0.39 is 0 Å². The topological polar surface area (TPSA) is 110 Å². The highest BCUT2D eigenvalue weighted by molar-refractivity contribution is 9.10. The van der Waals surface area contributed by atoms with Gasteiger partial charge in [0.05, 0.1) is 41.2 Å². The molecule has 0 spiro atoms. The van der Waals surface area contributed by atoms with Crippen molar-refractivity contribution in [2.24, 2.45) is 0 Å². The standard InChI is InChI=1S/C24H23BrN6O/c1-32-24-21(7-4-12-28-24)31-23-14-22(17(26)13-18(23)27)30-20-6-3-2-5-19(20)29-16-10-8-15(25)9-11-16/h2-14,29-31H,26-27H2,1H3. The fraction of sp³-hybridized carbons (Fsp3) is 0.0417. The van der Waals surface area contributed by atoms with Gasteiger partial charge < -0.3 is 32.2 Å². The predicted molar refractivity (Wildman–Crippen MR) is 136 cm³/mol. The molecular weight excluding hydrogens is 468 g/mol. The monoisotopic (exact) mass is 490 g/mol. The summed E-state index contributed by atoms with van der Waals surface area (Å²) in [5.74, 6) is 0.474. The first kappa shape index (κ1) is 21.3. The normalized spacial score (nSPS) is 10.4. The molecule has 0 atom stereocenters. The second-order valence-electron chi connectivity index (χ2n) is 7.01. The molecule has 1 aromatic heterocycles. The van der Waals surface area contributed by atoms with E-state index in [-0.39, 0.29) is 0 Å². The van der Waals surface area contributed by atoms with Gasteiger partial charge in [0.15, 0.2) is 0 Å². The summed E-state index contributed by atoms with van der Waals surface area (Å²) in [6.45, 7) is 0. The third kappa shape index (κ3) is 4.87. The van der Waals surface area contributed by atoms with Crippen LogP contribution in [0.1, 0.15) is 0 Å². The molecule has 7 nitrogen and oxygen atoms in total. The molecule has 0 saturated heterocycles. The zero-order valence-corrected chi connectivity index (χ0v) is 19.0. The number of methoxy groups -OCH3 is 1. The van der Waals surface area contributed by atoms with Crippen LogP contribution in [0.15, 0.2) is 83.5 Å². The number of hydrogen-bond donors (Lipinski definition) is 5. The van der Waals surface area contributed by atoms with Gasteiger partial charge in [-0.2, -0.15) is 0 Å². The second kappa shape index (κ2) is 9.49. The molecular formula is C24H23BrN6O. The van der Waals surface area contributed by atoms with E-state index in [1.807, 2.05) is 66.7 Å². The first-order chi connectivity index (χ1) is 15.5. The van der Waals surface area contributed by atoms with Crippen LogP contribution in [-0.4, -0.2) is 12.1 Å². The Morgan fingerprint density at radius 3 is 1.97 bits per heavy atom. The number of pyridine rings is 1. The predicted octanol–water partition coefficient (Wildman–Crippen LogP) is 6.25. The van der Waals surface area contributed by atoms with Crippen molar-refractivity contribution < 1.29 is 4.74 Å². The smallest absolute Gasteiger partial charge is 0.237 e. The molecule has 0 saturated carbocycles. The lowest BCUT2D eigenvalue weighted by Crippen LogP contribution is -2.04. The second-order valence-corrected chi connectivity index (χ2v) is 7.93. The van der Waals surface area contributed by atoms with Crippen LogP contribution in [0.25, 0.3) is 0 Å². The summed E-state index contributed by atoms with van der Waals surface area (Å²) in [5, 5.41) is 10.1. The summed E-state index contributed by atoms with van der Waals surface area (Å²) >= 11 is 3.46. The summed E-state index contributed by atoms with van der Waals surface area (Å²) in [6.07, 6.45) is 1.67. The first-order valence-electron chi connectivity index (χ1n) is 9.87. The average Bonchev–Trinajstić information content (AvgIpc) is 2.80. The minimum absolute atomic E-state index is 0.474. The maximum atomic E-state index is 6.27. The Morgan fingerprint density at radius 2 is 1.31 bits per heavy atom. The van der Waals surface area contributed by atoms with E-state index in [0.717, 1.165) is 27.2 Å². The Morgan fingerprint density at radius 1 is 0.719 bits per heavy atom. The van der Waals surface area contributed by atoms with E-state index in [9.17, 15) is 0 Å². The van der Waals surface area contributed by atoms with Crippen molar-refractivity contribution in [3.05, 3.63) is 83.5 Å². The minimum atomic E-state index is 0.474. The van der Waals surface area contributed by atoms with Crippen LogP contribution in [0.5, 0.6) is 5.88 Å². The fourth-order valence-corrected chi connectivity index (χ4v) is 3.44. The Balaban J connectivity index is 1.62. The quantitative estimate of drug-likeness (QED) is 0.195. The van der Waals surface area contributed by atoms with Gasteiger partial charge in [0.1, 0.15) is 5.69 Å². The number of nitrogens with two attached hydrogens (primary N) is 2. The molecule has 0 aliphatic carbocycles. The number of benzene rings is 3. The van der Waals surface area contributed by atoms with Gasteiger partial charge in [-0.1, -0.05) is 28.1 Å². The lowest BCUT2D eigenvalue weighted by atomic mass is 10.1. The molecule has 7 N–H and O–H groups in total. The summed E-state index contributed by atoms with van der Waals surface area (Å²) < 4.78 is 6.34. The van der Waals surface area contributed by atoms with E-state index in [1.54, 1.807) is 19.4 Å². The Bertz CT molecular complexity index is 1230. The molecule has 0 aliphatic rings. The largest absolute Gasteiger partial charge is 0.480 e. The van der Waals surface area contributed by atoms with Gasteiger partial charge in [-0.15, -0.1) is 0 Å². The van der Waals surface area contributed by atoms with Gasteiger partial charge in [-0.05, 0) is 60.7 Å². The van der Waals surface area contributed by atoms with Gasteiger partial charge in [0.25, 0.3) is 0 Å². The molecule has 4 rings (SSSR count). The highest BCUT2D eigenvalue weighted by Gasteiger charge is 2.11. The van der Waals surface area contributed by atoms with Crippen LogP contribution in [0.2, 0.25) is 0 Å². The van der Waals surface area contributed by atoms with Crippen molar-refractivity contribution in [3.8, 4) is 5.88 Å². The van der Waals surface area contributed by atoms with Crippen molar-refractivity contribution in [2.75, 3.05) is 34.5 Å². The van der Waals surface area contributed by atoms with Gasteiger partial charge >= 0.3 is 0 Å². The van der Waals surface area contributed by atoms with Gasteiger partial charge in [-0.25, -0.2) is 4.98 Å². The first-order valence-corrected chi connectivity index (χ1v) is 10.7. The summed E-state index contributed by atoms with van der Waals surface area (Å²) in [5.41, 5.74) is 18.4. The van der Waals surface area contributed by atoms with Gasteiger partial charge in [0, 0.05) is 16.4 Å². The average molecular weight is 491 g/mol. The van der Waals surface area contributed by atoms with E-state index in [0.29, 0.717) is 28.6 Å². The number of ether oxygens (including phenoxy) is 1. The maximum absolute atomic E-state index is 6.27. The van der Waals surface area contributed by atoms with E-state index in [4.69, 9.17) is 16.2 Å². The molecule has 4 aromatic rings. The number of para-hydroxylation sites is 2. The molecule has 8 heteroatoms. The maximum Gasteiger partial charge on any atom is 0.237 e. The molecule has 3 aromatic carbocycles. The molecule has 0 amide bonds. The van der Waals surface area contributed by atoms with Gasteiger partial charge in [-0.3, -0.25) is 0 Å². The summed E-state index contributed by atoms with van der Waals surface area (Å²) in [6, 6.07) is 23.2. The zero-order valence-electron chi connectivity index (χ0n) is 17.4. The van der Waals surface area contributed by atoms with Crippen LogP contribution in [0.4, 0.5) is 45.5 Å². The zero-order chi connectivity index (χ0) is 22.5. The Kier molecular flexibility index (Phi) is 6.32. The number of nitrogen functional groups attached to an aromatic ring is 2. The van der Waals surface area contributed by atoms with E-state index in [2.05, 4.69) is 36.9 Å². The molecule has 0 bridgehead atoms. The van der Waals surface area contributed by atoms with Crippen LogP contribution in [0, 0.1) is 0 Å². The van der Waals surface area contributed by atoms with Crippen LogP contribution in [0.3, 0.4) is 0 Å². The number of hydrogen-bond acceptors (Lipinski definition) is 7. The molecule has 0 unspecified atom stereocenters. The van der Waals surface area contributed by atoms with Crippen molar-refractivity contribution in [1.29, 1.82) is 0 Å². The highest BCUT2D eigenvalue weighted by Crippen LogP contribution is 2.37. The molecule has 1 heterocycles. The number of anilines is 8. The van der Waals surface area contributed by atoms with Crippen molar-refractivity contribution >= 4 is 61.4 Å². The van der Waals surface area contributed by atoms with E-state index in [1.165, 1.54) is 0 Å². The van der Waals surface area contributed by atoms with Crippen LogP contribution in [-0.2, 0) is 0 Å². The van der Waals surface area contributed by atoms with Crippen molar-refractivity contribution in [2.45, 2.75) is 0 Å². The highest BCUT2D eigenvalue weighted by atomic mass is 79.9. The van der Waals surface area contributed by atoms with Crippen molar-refractivity contribution in [1.82, 2.24) is 4.98 Å². The SMILES string of the molecule is COc1ncccc1Nc1cc(Nc2ccccc2Nc2ccc(Br)cc2)c(N)cc1N. The lowest BCUT2D eigenvalue weighted by Gasteiger charge is -2.18. The van der Waals surface area contributed by atoms with E-state index >= 15 is 0 Å². The third-order valence-corrected chi connectivity index (χ3v) is 5.30. The Labute approximate surface area is 194 Å². The number of aromatic nitrogens is 1. The molecule has 32 heavy (non-hydrogen) atoms. The molecule has 0 aliphatic heterocycles. The summed E-state index contributed by atoms with van der Waals surface area (Å²) in [7, 11) is 1.57. The van der Waals surface area contributed by atoms with Gasteiger partial charge in [0.2, 0.25) is 5.88 Å². The lowest BCUT2D eigenvalue weighted by molar-refractivity contribution is 0.400. The molecule has 0 fully saturated rings. The Hall–Kier alpha value is -3.91. The number of rotatable bonds is 7. The molecule has 0 radical (unpaired) electrons. The number of nitrogens with one attached hydrogen (secondary N) is 3. The number of nitrogens with zero attached hydrogens (tertiary/aromatic N) is 1. The summed E-state index contributed by atoms with van der Waals surface area (Å²) in [4.78, 5) is 4.21.